The average Bonchev–Trinajstić information content (AvgIpc) is 2.84. The van der Waals surface area contributed by atoms with Gasteiger partial charge in [0, 0.05) is 13.1 Å². The van der Waals surface area contributed by atoms with Gasteiger partial charge in [0.15, 0.2) is 5.58 Å². The summed E-state index contributed by atoms with van der Waals surface area (Å²) in [6.07, 6.45) is -0.230. The maximum atomic E-state index is 11.8. The molecular formula is C14H15N3O4. The van der Waals surface area contributed by atoms with E-state index in [4.69, 9.17) is 9.52 Å². The number of carboxylic acids is 1. The Morgan fingerprint density at radius 3 is 3.05 bits per heavy atom. The van der Waals surface area contributed by atoms with Crippen LogP contribution in [-0.4, -0.2) is 46.0 Å². The fraction of sp³-hybridized carbons (Fsp3) is 0.357. The van der Waals surface area contributed by atoms with Gasteiger partial charge in [-0.1, -0.05) is 12.1 Å². The Morgan fingerprint density at radius 2 is 2.29 bits per heavy atom. The van der Waals surface area contributed by atoms with Crippen LogP contribution in [0.5, 0.6) is 0 Å². The van der Waals surface area contributed by atoms with Gasteiger partial charge < -0.3 is 14.8 Å². The van der Waals surface area contributed by atoms with Crippen molar-refractivity contribution in [2.45, 2.75) is 19.0 Å². The number of para-hydroxylation sites is 2. The molecule has 0 aliphatic carbocycles. The van der Waals surface area contributed by atoms with Crippen LogP contribution in [0.3, 0.4) is 0 Å². The monoisotopic (exact) mass is 289 g/mol. The van der Waals surface area contributed by atoms with E-state index in [0.29, 0.717) is 31.1 Å². The molecule has 2 heterocycles. The van der Waals surface area contributed by atoms with Gasteiger partial charge in [-0.25, -0.2) is 4.98 Å². The molecule has 0 bridgehead atoms. The summed E-state index contributed by atoms with van der Waals surface area (Å²) in [6.45, 7) is 1.39. The van der Waals surface area contributed by atoms with Crippen LogP contribution >= 0.6 is 0 Å². The van der Waals surface area contributed by atoms with Crippen molar-refractivity contribution < 1.29 is 19.1 Å². The van der Waals surface area contributed by atoms with Crippen LogP contribution in [0.2, 0.25) is 0 Å². The normalized spacial score (nSPS) is 19.6. The van der Waals surface area contributed by atoms with Crippen molar-refractivity contribution >= 4 is 23.0 Å². The van der Waals surface area contributed by atoms with E-state index in [0.717, 1.165) is 5.52 Å². The summed E-state index contributed by atoms with van der Waals surface area (Å²) >= 11 is 0. The van der Waals surface area contributed by atoms with E-state index in [9.17, 15) is 9.59 Å². The zero-order chi connectivity index (χ0) is 14.8. The molecule has 0 saturated carbocycles. The van der Waals surface area contributed by atoms with Crippen LogP contribution in [0.4, 0.5) is 0 Å². The summed E-state index contributed by atoms with van der Waals surface area (Å²) in [5.74, 6) is -0.777. The predicted molar refractivity (Wildman–Crippen MR) is 73.5 cm³/mol. The molecule has 21 heavy (non-hydrogen) atoms. The summed E-state index contributed by atoms with van der Waals surface area (Å²) in [5, 5.41) is 11.6. The number of piperazine rings is 1. The lowest BCUT2D eigenvalue weighted by Gasteiger charge is -2.33. The molecule has 7 nitrogen and oxygen atoms in total. The SMILES string of the molecule is O=C(O)CC1C(=O)NCCN1Cc1nc2ccccc2o1. The third-order valence-electron chi connectivity index (χ3n) is 3.49. The molecule has 1 aliphatic heterocycles. The molecule has 1 aromatic carbocycles. The number of aromatic nitrogens is 1. The second-order valence-electron chi connectivity index (χ2n) is 4.95. The Hall–Kier alpha value is -2.41. The van der Waals surface area contributed by atoms with E-state index in [-0.39, 0.29) is 12.3 Å². The van der Waals surface area contributed by atoms with Gasteiger partial charge in [0.05, 0.1) is 13.0 Å². The highest BCUT2D eigenvalue weighted by Gasteiger charge is 2.32. The van der Waals surface area contributed by atoms with Crippen molar-refractivity contribution in [3.63, 3.8) is 0 Å². The van der Waals surface area contributed by atoms with E-state index < -0.39 is 12.0 Å². The number of benzene rings is 1. The first-order chi connectivity index (χ1) is 10.1. The summed E-state index contributed by atoms with van der Waals surface area (Å²) in [6, 6.07) is 6.71. The van der Waals surface area contributed by atoms with Gasteiger partial charge in [-0.3, -0.25) is 14.5 Å². The predicted octanol–water partition coefficient (Wildman–Crippen LogP) is 0.603. The number of amides is 1. The average molecular weight is 289 g/mol. The molecule has 7 heteroatoms. The first kappa shape index (κ1) is 13.6. The quantitative estimate of drug-likeness (QED) is 0.856. The second-order valence-corrected chi connectivity index (χ2v) is 4.95. The zero-order valence-electron chi connectivity index (χ0n) is 11.3. The van der Waals surface area contributed by atoms with Gasteiger partial charge in [0.2, 0.25) is 11.8 Å². The number of carboxylic acid groups (broad SMARTS) is 1. The van der Waals surface area contributed by atoms with Crippen molar-refractivity contribution in [1.82, 2.24) is 15.2 Å². The van der Waals surface area contributed by atoms with E-state index >= 15 is 0 Å². The summed E-state index contributed by atoms with van der Waals surface area (Å²) in [7, 11) is 0. The third kappa shape index (κ3) is 2.87. The number of nitrogens with one attached hydrogen (secondary N) is 1. The van der Waals surface area contributed by atoms with Gasteiger partial charge >= 0.3 is 5.97 Å². The third-order valence-corrected chi connectivity index (χ3v) is 3.49. The lowest BCUT2D eigenvalue weighted by molar-refractivity contribution is -0.143. The fourth-order valence-electron chi connectivity index (χ4n) is 2.50. The highest BCUT2D eigenvalue weighted by molar-refractivity contribution is 5.86. The number of fused-ring (bicyclic) bond motifs is 1. The Balaban J connectivity index is 1.80. The van der Waals surface area contributed by atoms with Crippen LogP contribution in [0.1, 0.15) is 12.3 Å². The van der Waals surface area contributed by atoms with Gasteiger partial charge in [-0.2, -0.15) is 0 Å². The molecule has 1 aliphatic rings. The summed E-state index contributed by atoms with van der Waals surface area (Å²) in [5.41, 5.74) is 1.44. The maximum Gasteiger partial charge on any atom is 0.305 e. The molecule has 1 atom stereocenters. The number of hydrogen-bond donors (Lipinski definition) is 2. The minimum atomic E-state index is -1.00. The van der Waals surface area contributed by atoms with Crippen LogP contribution in [-0.2, 0) is 16.1 Å². The minimum Gasteiger partial charge on any atom is -0.481 e. The Kier molecular flexibility index (Phi) is 3.57. The van der Waals surface area contributed by atoms with Gasteiger partial charge in [-0.05, 0) is 12.1 Å². The van der Waals surface area contributed by atoms with E-state index in [1.807, 2.05) is 24.3 Å². The van der Waals surface area contributed by atoms with Gasteiger partial charge in [0.1, 0.15) is 11.6 Å². The van der Waals surface area contributed by atoms with Gasteiger partial charge in [0.25, 0.3) is 0 Å². The lowest BCUT2D eigenvalue weighted by atomic mass is 10.1. The molecule has 0 radical (unpaired) electrons. The van der Waals surface area contributed by atoms with Crippen molar-refractivity contribution in [1.29, 1.82) is 0 Å². The fourth-order valence-corrected chi connectivity index (χ4v) is 2.50. The second kappa shape index (κ2) is 5.53. The van der Waals surface area contributed by atoms with Crippen molar-refractivity contribution in [3.8, 4) is 0 Å². The highest BCUT2D eigenvalue weighted by atomic mass is 16.4. The molecule has 2 N–H and O–H groups in total. The van der Waals surface area contributed by atoms with E-state index in [1.54, 1.807) is 4.90 Å². The van der Waals surface area contributed by atoms with Crippen LogP contribution < -0.4 is 5.32 Å². The zero-order valence-corrected chi connectivity index (χ0v) is 11.3. The summed E-state index contributed by atoms with van der Waals surface area (Å²) in [4.78, 5) is 28.9. The lowest BCUT2D eigenvalue weighted by Crippen LogP contribution is -2.55. The molecule has 1 aromatic heterocycles. The van der Waals surface area contributed by atoms with Crippen molar-refractivity contribution in [2.75, 3.05) is 13.1 Å². The Bertz CT molecular complexity index is 649. The number of carbonyl (C=O) groups is 2. The van der Waals surface area contributed by atoms with E-state index in [1.165, 1.54) is 0 Å². The largest absolute Gasteiger partial charge is 0.481 e. The number of nitrogens with zero attached hydrogens (tertiary/aromatic N) is 2. The minimum absolute atomic E-state index is 0.230. The highest BCUT2D eigenvalue weighted by Crippen LogP contribution is 2.18. The first-order valence-electron chi connectivity index (χ1n) is 6.71. The number of carbonyl (C=O) groups excluding carboxylic acids is 1. The van der Waals surface area contributed by atoms with Crippen molar-refractivity contribution in [3.05, 3.63) is 30.2 Å². The Morgan fingerprint density at radius 1 is 1.48 bits per heavy atom. The summed E-state index contributed by atoms with van der Waals surface area (Å²) < 4.78 is 5.63. The van der Waals surface area contributed by atoms with Crippen LogP contribution in [0, 0.1) is 0 Å². The molecule has 1 amide bonds. The molecular weight excluding hydrogens is 274 g/mol. The number of rotatable bonds is 4. The van der Waals surface area contributed by atoms with Gasteiger partial charge in [-0.15, -0.1) is 0 Å². The first-order valence-corrected chi connectivity index (χ1v) is 6.71. The van der Waals surface area contributed by atoms with E-state index in [2.05, 4.69) is 10.3 Å². The van der Waals surface area contributed by atoms with Crippen molar-refractivity contribution in [2.24, 2.45) is 0 Å². The standard InChI is InChI=1S/C14H15N3O4/c18-13(19)7-10-14(20)15-5-6-17(10)8-12-16-9-3-1-2-4-11(9)21-12/h1-4,10H,5-8H2,(H,15,20)(H,18,19). The molecule has 0 spiro atoms. The molecule has 110 valence electrons. The maximum absolute atomic E-state index is 11.8. The topological polar surface area (TPSA) is 95.7 Å². The molecule has 1 fully saturated rings. The number of oxazole rings is 1. The molecule has 3 rings (SSSR count). The molecule has 1 unspecified atom stereocenters. The number of aliphatic carboxylic acids is 1. The smallest absolute Gasteiger partial charge is 0.305 e. The molecule has 1 saturated heterocycles. The number of hydrogen-bond acceptors (Lipinski definition) is 5. The Labute approximate surface area is 120 Å². The van der Waals surface area contributed by atoms with Crippen LogP contribution in [0.15, 0.2) is 28.7 Å². The van der Waals surface area contributed by atoms with Crippen LogP contribution in [0.25, 0.3) is 11.1 Å². The molecule has 2 aromatic rings.